The first-order valence-corrected chi connectivity index (χ1v) is 14.7. The molecule has 0 heterocycles. The van der Waals surface area contributed by atoms with E-state index in [0.29, 0.717) is 36.9 Å². The minimum Gasteiger partial charge on any atom is -0.490 e. The summed E-state index contributed by atoms with van der Waals surface area (Å²) in [5, 5.41) is 0. The highest BCUT2D eigenvalue weighted by Gasteiger charge is 2.20. The van der Waals surface area contributed by atoms with Crippen LogP contribution in [0.3, 0.4) is 0 Å². The maximum Gasteiger partial charge on any atom is 0.313 e. The zero-order valence-corrected chi connectivity index (χ0v) is 23.4. The molecule has 36 heavy (non-hydrogen) atoms. The Hall–Kier alpha value is -2.04. The maximum absolute atomic E-state index is 12.7. The Morgan fingerprint density at radius 3 is 1.64 bits per heavy atom. The van der Waals surface area contributed by atoms with Crippen molar-refractivity contribution in [2.45, 2.75) is 130 Å². The van der Waals surface area contributed by atoms with Crippen molar-refractivity contribution in [1.29, 1.82) is 0 Å². The predicted molar refractivity (Wildman–Crippen MR) is 148 cm³/mol. The van der Waals surface area contributed by atoms with Crippen molar-refractivity contribution in [3.63, 3.8) is 0 Å². The van der Waals surface area contributed by atoms with Gasteiger partial charge in [-0.25, -0.2) is 0 Å². The number of para-hydroxylation sites is 1. The molecule has 1 rings (SSSR count). The standard InChI is InChI=1S/C31H52O5/c1-4-7-8-9-10-11-12-13-14-15-16-17-18-19-20-21-25-36-30(33)26-28(32)27-23-22-24-29(34-5-2)31(27)35-6-3/h22-24H,4-21,25-26H2,1-3H3. The molecule has 0 aliphatic carbocycles. The highest BCUT2D eigenvalue weighted by molar-refractivity contribution is 6.08. The van der Waals surface area contributed by atoms with Crippen molar-refractivity contribution in [3.05, 3.63) is 23.8 Å². The van der Waals surface area contributed by atoms with E-state index in [4.69, 9.17) is 14.2 Å². The van der Waals surface area contributed by atoms with Crippen LogP contribution in [-0.4, -0.2) is 31.6 Å². The van der Waals surface area contributed by atoms with Crippen LogP contribution in [0.5, 0.6) is 11.5 Å². The Morgan fingerprint density at radius 1 is 0.639 bits per heavy atom. The molecule has 0 saturated heterocycles. The number of Topliss-reactive ketones (excluding diaryl/α,β-unsaturated/α-hetero) is 1. The van der Waals surface area contributed by atoms with E-state index in [1.165, 1.54) is 89.9 Å². The monoisotopic (exact) mass is 504 g/mol. The van der Waals surface area contributed by atoms with Gasteiger partial charge in [0.15, 0.2) is 17.3 Å². The number of ketones is 1. The van der Waals surface area contributed by atoms with Crippen molar-refractivity contribution in [2.75, 3.05) is 19.8 Å². The third kappa shape index (κ3) is 15.2. The number of ether oxygens (including phenoxy) is 3. The summed E-state index contributed by atoms with van der Waals surface area (Å²) in [5.41, 5.74) is 0.363. The number of benzene rings is 1. The molecule has 1 aromatic rings. The average Bonchev–Trinajstić information content (AvgIpc) is 2.87. The maximum atomic E-state index is 12.7. The Labute approximate surface area is 220 Å². The summed E-state index contributed by atoms with van der Waals surface area (Å²) in [5.74, 6) is 0.131. The van der Waals surface area contributed by atoms with E-state index in [1.54, 1.807) is 18.2 Å². The van der Waals surface area contributed by atoms with Gasteiger partial charge in [-0.1, -0.05) is 109 Å². The largest absolute Gasteiger partial charge is 0.490 e. The molecule has 0 atom stereocenters. The number of hydrogen-bond acceptors (Lipinski definition) is 5. The first-order chi connectivity index (χ1) is 17.6. The molecule has 5 heteroatoms. The topological polar surface area (TPSA) is 61.8 Å². The Kier molecular flexibility index (Phi) is 19.7. The number of esters is 1. The van der Waals surface area contributed by atoms with Gasteiger partial charge in [0.05, 0.1) is 25.4 Å². The van der Waals surface area contributed by atoms with Crippen LogP contribution in [0, 0.1) is 0 Å². The number of unbranched alkanes of at least 4 members (excludes halogenated alkanes) is 15. The Balaban J connectivity index is 2.05. The van der Waals surface area contributed by atoms with E-state index in [0.717, 1.165) is 12.8 Å². The molecule has 0 spiro atoms. The fourth-order valence-electron chi connectivity index (χ4n) is 4.41. The lowest BCUT2D eigenvalue weighted by Gasteiger charge is -2.14. The molecule has 0 radical (unpaired) electrons. The van der Waals surface area contributed by atoms with Gasteiger partial charge in [-0.05, 0) is 32.4 Å². The van der Waals surface area contributed by atoms with E-state index in [2.05, 4.69) is 6.92 Å². The van der Waals surface area contributed by atoms with Crippen LogP contribution in [0.4, 0.5) is 0 Å². The summed E-state index contributed by atoms with van der Waals surface area (Å²) < 4.78 is 16.5. The quantitative estimate of drug-likeness (QED) is 0.0609. The summed E-state index contributed by atoms with van der Waals surface area (Å²) in [6, 6.07) is 5.17. The smallest absolute Gasteiger partial charge is 0.313 e. The molecular weight excluding hydrogens is 452 g/mol. The fourth-order valence-corrected chi connectivity index (χ4v) is 4.41. The van der Waals surface area contributed by atoms with Gasteiger partial charge in [0.1, 0.15) is 6.42 Å². The molecule has 5 nitrogen and oxygen atoms in total. The average molecular weight is 505 g/mol. The number of hydrogen-bond donors (Lipinski definition) is 0. The molecule has 0 N–H and O–H groups in total. The van der Waals surface area contributed by atoms with Crippen molar-refractivity contribution in [2.24, 2.45) is 0 Å². The van der Waals surface area contributed by atoms with Gasteiger partial charge >= 0.3 is 5.97 Å². The lowest BCUT2D eigenvalue weighted by Crippen LogP contribution is -2.14. The minimum absolute atomic E-state index is 0.283. The van der Waals surface area contributed by atoms with Gasteiger partial charge < -0.3 is 14.2 Å². The summed E-state index contributed by atoms with van der Waals surface area (Å²) in [6.45, 7) is 7.26. The highest BCUT2D eigenvalue weighted by Crippen LogP contribution is 2.32. The van der Waals surface area contributed by atoms with Gasteiger partial charge in [0.2, 0.25) is 0 Å². The minimum atomic E-state index is -0.481. The van der Waals surface area contributed by atoms with Crippen LogP contribution in [-0.2, 0) is 9.53 Å². The molecule has 0 fully saturated rings. The van der Waals surface area contributed by atoms with Crippen molar-refractivity contribution >= 4 is 11.8 Å². The number of carbonyl (C=O) groups excluding carboxylic acids is 2. The zero-order valence-electron chi connectivity index (χ0n) is 23.4. The van der Waals surface area contributed by atoms with E-state index < -0.39 is 5.97 Å². The lowest BCUT2D eigenvalue weighted by molar-refractivity contribution is -0.142. The van der Waals surface area contributed by atoms with E-state index >= 15 is 0 Å². The predicted octanol–water partition coefficient (Wildman–Crippen LogP) is 8.86. The molecular formula is C31H52O5. The van der Waals surface area contributed by atoms with Crippen molar-refractivity contribution in [3.8, 4) is 11.5 Å². The molecule has 206 valence electrons. The van der Waals surface area contributed by atoms with Crippen LogP contribution in [0.2, 0.25) is 0 Å². The normalized spacial score (nSPS) is 10.9. The van der Waals surface area contributed by atoms with Gasteiger partial charge in [-0.3, -0.25) is 9.59 Å². The van der Waals surface area contributed by atoms with Crippen molar-refractivity contribution < 1.29 is 23.8 Å². The molecule has 1 aromatic carbocycles. The second kappa shape index (κ2) is 22.2. The highest BCUT2D eigenvalue weighted by atomic mass is 16.5. The van der Waals surface area contributed by atoms with E-state index in [9.17, 15) is 9.59 Å². The summed E-state index contributed by atoms with van der Waals surface area (Å²) in [6.07, 6.45) is 20.6. The molecule has 0 aliphatic rings. The van der Waals surface area contributed by atoms with Crippen LogP contribution >= 0.6 is 0 Å². The third-order valence-corrected chi connectivity index (χ3v) is 6.43. The molecule has 0 bridgehead atoms. The van der Waals surface area contributed by atoms with Gasteiger partial charge in [-0.2, -0.15) is 0 Å². The molecule has 0 unspecified atom stereocenters. The van der Waals surface area contributed by atoms with Crippen LogP contribution in [0.15, 0.2) is 18.2 Å². The summed E-state index contributed by atoms with van der Waals surface area (Å²) in [4.78, 5) is 24.8. The number of rotatable bonds is 24. The zero-order chi connectivity index (χ0) is 26.3. The van der Waals surface area contributed by atoms with E-state index in [1.807, 2.05) is 13.8 Å². The van der Waals surface area contributed by atoms with Gasteiger partial charge in [-0.15, -0.1) is 0 Å². The second-order valence-electron chi connectivity index (χ2n) is 9.62. The molecule has 0 saturated carbocycles. The van der Waals surface area contributed by atoms with Gasteiger partial charge in [0.25, 0.3) is 0 Å². The second-order valence-corrected chi connectivity index (χ2v) is 9.62. The summed E-state index contributed by atoms with van der Waals surface area (Å²) in [7, 11) is 0. The Morgan fingerprint density at radius 2 is 1.14 bits per heavy atom. The fraction of sp³-hybridized carbons (Fsp3) is 0.742. The van der Waals surface area contributed by atoms with Crippen LogP contribution in [0.25, 0.3) is 0 Å². The molecule has 0 amide bonds. The van der Waals surface area contributed by atoms with Crippen molar-refractivity contribution in [1.82, 2.24) is 0 Å². The van der Waals surface area contributed by atoms with E-state index in [-0.39, 0.29) is 12.2 Å². The molecule has 0 aliphatic heterocycles. The summed E-state index contributed by atoms with van der Waals surface area (Å²) >= 11 is 0. The lowest BCUT2D eigenvalue weighted by atomic mass is 10.0. The Bertz CT molecular complexity index is 700. The first-order valence-electron chi connectivity index (χ1n) is 14.7. The first kappa shape index (κ1) is 32.0. The van der Waals surface area contributed by atoms with Crippen LogP contribution in [0.1, 0.15) is 140 Å². The van der Waals surface area contributed by atoms with Crippen LogP contribution < -0.4 is 9.47 Å². The third-order valence-electron chi connectivity index (χ3n) is 6.43. The number of carbonyl (C=O) groups is 2. The van der Waals surface area contributed by atoms with Gasteiger partial charge in [0, 0.05) is 0 Å². The SMILES string of the molecule is CCCCCCCCCCCCCCCCCCOC(=O)CC(=O)c1cccc(OCC)c1OCC. The molecule has 0 aromatic heterocycles.